The van der Waals surface area contributed by atoms with Gasteiger partial charge in [0.15, 0.2) is 0 Å². The summed E-state index contributed by atoms with van der Waals surface area (Å²) in [5.41, 5.74) is 4.35. The van der Waals surface area contributed by atoms with Crippen molar-refractivity contribution in [2.45, 2.75) is 38.3 Å². The maximum Gasteiger partial charge on any atom is 0.234 e. The Morgan fingerprint density at radius 3 is 2.64 bits per heavy atom. The minimum Gasteiger partial charge on any atom is -0.508 e. The number of hydrogen-bond acceptors (Lipinski definition) is 4. The minimum absolute atomic E-state index is 0.0157. The number of anilines is 1. The molecule has 6 nitrogen and oxygen atoms in total. The molecule has 1 aromatic heterocycles. The van der Waals surface area contributed by atoms with Gasteiger partial charge in [0, 0.05) is 17.4 Å². The Morgan fingerprint density at radius 1 is 1.11 bits per heavy atom. The molecule has 0 spiro atoms. The second kappa shape index (κ2) is 10.2. The molecule has 0 saturated heterocycles. The number of carbonyl (C=O) groups is 1. The van der Waals surface area contributed by atoms with Crippen molar-refractivity contribution in [1.82, 2.24) is 9.78 Å². The van der Waals surface area contributed by atoms with Crippen molar-refractivity contribution in [3.05, 3.63) is 107 Å². The molecule has 0 radical (unpaired) electrons. The number of phenols is 1. The number of rotatable bonds is 7. The van der Waals surface area contributed by atoms with Crippen LogP contribution in [-0.4, -0.2) is 27.9 Å². The first-order chi connectivity index (χ1) is 17.5. The van der Waals surface area contributed by atoms with Crippen molar-refractivity contribution in [3.8, 4) is 11.5 Å². The summed E-state index contributed by atoms with van der Waals surface area (Å²) in [6.07, 6.45) is 6.01. The number of nitrogens with zero attached hydrogens (tertiary/aromatic N) is 3. The van der Waals surface area contributed by atoms with E-state index in [-0.39, 0.29) is 23.4 Å². The van der Waals surface area contributed by atoms with Gasteiger partial charge in [0.25, 0.3) is 0 Å². The smallest absolute Gasteiger partial charge is 0.234 e. The van der Waals surface area contributed by atoms with Crippen LogP contribution in [0.1, 0.15) is 41.0 Å². The normalized spacial score (nSPS) is 14.8. The van der Waals surface area contributed by atoms with E-state index in [4.69, 9.17) is 4.74 Å². The molecule has 5 rings (SSSR count). The summed E-state index contributed by atoms with van der Waals surface area (Å²) in [5.74, 6) is 0.343. The Bertz CT molecular complexity index is 1350. The van der Waals surface area contributed by atoms with Crippen molar-refractivity contribution in [1.29, 1.82) is 0 Å². The van der Waals surface area contributed by atoms with Gasteiger partial charge < -0.3 is 14.7 Å². The van der Waals surface area contributed by atoms with Gasteiger partial charge in [-0.1, -0.05) is 24.3 Å². The van der Waals surface area contributed by atoms with Crippen molar-refractivity contribution < 1.29 is 19.0 Å². The maximum atomic E-state index is 14.0. The lowest BCUT2D eigenvalue weighted by Crippen LogP contribution is -2.36. The summed E-state index contributed by atoms with van der Waals surface area (Å²) in [6, 6.07) is 19.2. The molecular weight excluding hydrogens is 457 g/mol. The van der Waals surface area contributed by atoms with Gasteiger partial charge in [0.05, 0.1) is 32.3 Å². The fourth-order valence-corrected chi connectivity index (χ4v) is 4.87. The molecule has 1 aliphatic carbocycles. The standard InChI is InChI=1S/C29H28FN3O3/c1-36-24-14-12-23(13-15-24)33(29(35)27-6-2-5-26-25(27)4-3-7-28(26)34)19-21-16-31-32(18-21)17-20-8-10-22(30)11-9-20/h3-4,7-16,18,27,34H,2,5-6,17,19H2,1H3. The van der Waals surface area contributed by atoms with E-state index < -0.39 is 0 Å². The van der Waals surface area contributed by atoms with E-state index >= 15 is 0 Å². The zero-order chi connectivity index (χ0) is 25.1. The van der Waals surface area contributed by atoms with Gasteiger partial charge in [-0.3, -0.25) is 9.48 Å². The molecule has 0 fully saturated rings. The highest BCUT2D eigenvalue weighted by Gasteiger charge is 2.32. The fraction of sp³-hybridized carbons (Fsp3) is 0.241. The van der Waals surface area contributed by atoms with Gasteiger partial charge in [-0.05, 0) is 78.4 Å². The van der Waals surface area contributed by atoms with Crippen LogP contribution in [0.15, 0.2) is 79.1 Å². The minimum atomic E-state index is -0.336. The molecule has 1 atom stereocenters. The first kappa shape index (κ1) is 23.6. The Labute approximate surface area is 209 Å². The van der Waals surface area contributed by atoms with Crippen molar-refractivity contribution in [3.63, 3.8) is 0 Å². The second-order valence-corrected chi connectivity index (χ2v) is 9.08. The van der Waals surface area contributed by atoms with E-state index in [1.54, 1.807) is 47.2 Å². The van der Waals surface area contributed by atoms with Gasteiger partial charge in [-0.15, -0.1) is 0 Å². The molecule has 4 aromatic rings. The highest BCUT2D eigenvalue weighted by Crippen LogP contribution is 2.38. The molecule has 36 heavy (non-hydrogen) atoms. The van der Waals surface area contributed by atoms with Crippen LogP contribution in [0, 0.1) is 5.82 Å². The first-order valence-corrected chi connectivity index (χ1v) is 12.0. The van der Waals surface area contributed by atoms with Crippen LogP contribution in [0.5, 0.6) is 11.5 Å². The molecule has 0 bridgehead atoms. The van der Waals surface area contributed by atoms with Crippen molar-refractivity contribution >= 4 is 11.6 Å². The maximum absolute atomic E-state index is 14.0. The molecule has 1 heterocycles. The Hall–Kier alpha value is -4.13. The quantitative estimate of drug-likeness (QED) is 0.379. The molecule has 3 aromatic carbocycles. The fourth-order valence-electron chi connectivity index (χ4n) is 4.87. The number of amides is 1. The average Bonchev–Trinajstić information content (AvgIpc) is 3.35. The summed E-state index contributed by atoms with van der Waals surface area (Å²) >= 11 is 0. The van der Waals surface area contributed by atoms with E-state index in [2.05, 4.69) is 5.10 Å². The lowest BCUT2D eigenvalue weighted by Gasteiger charge is -2.31. The highest BCUT2D eigenvalue weighted by molar-refractivity contribution is 5.98. The molecule has 0 aliphatic heterocycles. The Balaban J connectivity index is 1.43. The number of methoxy groups -OCH3 is 1. The topological polar surface area (TPSA) is 67.6 Å². The van der Waals surface area contributed by atoms with Gasteiger partial charge in [-0.25, -0.2) is 4.39 Å². The predicted molar refractivity (Wildman–Crippen MR) is 136 cm³/mol. The molecule has 1 unspecified atom stereocenters. The largest absolute Gasteiger partial charge is 0.508 e. The van der Waals surface area contributed by atoms with Crippen LogP contribution in [0.25, 0.3) is 0 Å². The zero-order valence-corrected chi connectivity index (χ0v) is 20.1. The number of carbonyl (C=O) groups excluding carboxylic acids is 1. The lowest BCUT2D eigenvalue weighted by molar-refractivity contribution is -0.120. The number of aromatic hydroxyl groups is 1. The van der Waals surface area contributed by atoms with Crippen LogP contribution in [0.2, 0.25) is 0 Å². The summed E-state index contributed by atoms with van der Waals surface area (Å²) in [6.45, 7) is 0.852. The van der Waals surface area contributed by atoms with Gasteiger partial charge in [0.2, 0.25) is 5.91 Å². The van der Waals surface area contributed by atoms with E-state index in [9.17, 15) is 14.3 Å². The molecule has 1 aliphatic rings. The summed E-state index contributed by atoms with van der Waals surface area (Å²) < 4.78 is 20.3. The lowest BCUT2D eigenvalue weighted by atomic mass is 9.81. The number of halogens is 1. The molecular formula is C29H28FN3O3. The summed E-state index contributed by atoms with van der Waals surface area (Å²) in [5, 5.41) is 14.8. The molecule has 184 valence electrons. The molecule has 0 saturated carbocycles. The Kier molecular flexibility index (Phi) is 6.71. The number of ether oxygens (including phenoxy) is 1. The first-order valence-electron chi connectivity index (χ1n) is 12.0. The summed E-state index contributed by atoms with van der Waals surface area (Å²) in [7, 11) is 1.61. The van der Waals surface area contributed by atoms with Crippen LogP contribution in [0.3, 0.4) is 0 Å². The van der Waals surface area contributed by atoms with E-state index in [1.165, 1.54) is 12.1 Å². The number of phenolic OH excluding ortho intramolecular Hbond substituents is 1. The van der Waals surface area contributed by atoms with Crippen LogP contribution in [0.4, 0.5) is 10.1 Å². The number of benzene rings is 3. The van der Waals surface area contributed by atoms with Crippen molar-refractivity contribution in [2.24, 2.45) is 0 Å². The highest BCUT2D eigenvalue weighted by atomic mass is 19.1. The van der Waals surface area contributed by atoms with Gasteiger partial charge >= 0.3 is 0 Å². The molecule has 7 heteroatoms. The van der Waals surface area contributed by atoms with Crippen molar-refractivity contribution in [2.75, 3.05) is 12.0 Å². The third kappa shape index (κ3) is 4.96. The summed E-state index contributed by atoms with van der Waals surface area (Å²) in [4.78, 5) is 15.8. The van der Waals surface area contributed by atoms with Gasteiger partial charge in [-0.2, -0.15) is 5.10 Å². The third-order valence-corrected chi connectivity index (χ3v) is 6.72. The van der Waals surface area contributed by atoms with Gasteiger partial charge in [0.1, 0.15) is 17.3 Å². The third-order valence-electron chi connectivity index (χ3n) is 6.72. The van der Waals surface area contributed by atoms with E-state index in [0.29, 0.717) is 18.8 Å². The van der Waals surface area contributed by atoms with E-state index in [1.807, 2.05) is 36.5 Å². The van der Waals surface area contributed by atoms with Crippen LogP contribution < -0.4 is 9.64 Å². The van der Waals surface area contributed by atoms with Crippen LogP contribution in [-0.2, 0) is 24.3 Å². The Morgan fingerprint density at radius 2 is 1.89 bits per heavy atom. The monoisotopic (exact) mass is 485 g/mol. The predicted octanol–water partition coefficient (Wildman–Crippen LogP) is 5.44. The number of fused-ring (bicyclic) bond motifs is 1. The van der Waals surface area contributed by atoms with Crippen LogP contribution >= 0.6 is 0 Å². The molecule has 1 amide bonds. The number of aromatic nitrogens is 2. The second-order valence-electron chi connectivity index (χ2n) is 9.08. The average molecular weight is 486 g/mol. The van der Waals surface area contributed by atoms with E-state index in [0.717, 1.165) is 47.2 Å². The zero-order valence-electron chi connectivity index (χ0n) is 20.1. The number of hydrogen-bond donors (Lipinski definition) is 1. The SMILES string of the molecule is COc1ccc(N(Cc2cnn(Cc3ccc(F)cc3)c2)C(=O)C2CCCc3c(O)cccc32)cc1. The molecule has 1 N–H and O–H groups in total.